The lowest BCUT2D eigenvalue weighted by molar-refractivity contribution is 0.102. The quantitative estimate of drug-likeness (QED) is 0.669. The van der Waals surface area contributed by atoms with E-state index in [0.29, 0.717) is 5.69 Å². The van der Waals surface area contributed by atoms with Gasteiger partial charge in [0.05, 0.1) is 28.5 Å². The van der Waals surface area contributed by atoms with E-state index in [9.17, 15) is 13.6 Å². The van der Waals surface area contributed by atoms with Crippen LogP contribution in [-0.4, -0.2) is 15.7 Å². The maximum Gasteiger partial charge on any atom is 0.260 e. The smallest absolute Gasteiger partial charge is 0.260 e. The predicted molar refractivity (Wildman–Crippen MR) is 96.8 cm³/mol. The van der Waals surface area contributed by atoms with Crippen molar-refractivity contribution in [1.82, 2.24) is 9.78 Å². The number of nitrogens with zero attached hydrogens (tertiary/aromatic N) is 2. The Bertz CT molecular complexity index is 971. The highest BCUT2D eigenvalue weighted by atomic mass is 35.5. The maximum atomic E-state index is 14.0. The molecule has 0 spiro atoms. The molecule has 26 heavy (non-hydrogen) atoms. The van der Waals surface area contributed by atoms with Crippen LogP contribution in [0.15, 0.2) is 42.5 Å². The Balaban J connectivity index is 1.86. The first kappa shape index (κ1) is 18.4. The third-order valence-electron chi connectivity index (χ3n) is 3.74. The molecule has 2 aromatic carbocycles. The largest absolute Gasteiger partial charge is 0.319 e. The zero-order valence-electron chi connectivity index (χ0n) is 13.6. The molecular weight excluding hydrogens is 383 g/mol. The van der Waals surface area contributed by atoms with Gasteiger partial charge in [-0.1, -0.05) is 41.4 Å². The van der Waals surface area contributed by atoms with Gasteiger partial charge in [-0.2, -0.15) is 5.10 Å². The van der Waals surface area contributed by atoms with Crippen LogP contribution < -0.4 is 5.32 Å². The van der Waals surface area contributed by atoms with Gasteiger partial charge in [-0.3, -0.25) is 4.79 Å². The van der Waals surface area contributed by atoms with Gasteiger partial charge in [-0.25, -0.2) is 13.5 Å². The molecule has 0 saturated heterocycles. The van der Waals surface area contributed by atoms with Crippen LogP contribution in [-0.2, 0) is 6.54 Å². The van der Waals surface area contributed by atoms with Crippen LogP contribution in [0.3, 0.4) is 0 Å². The molecule has 0 atom stereocenters. The standard InChI is InChI=1S/C18H13Cl2F2N3O/c1-10-15(18(26)23-14-4-2-3-13(19)16(14)22)17(20)25(24-10)9-11-5-7-12(21)8-6-11/h2-8H,9H2,1H3,(H,23,26). The minimum absolute atomic E-state index is 0.0516. The minimum atomic E-state index is -0.727. The molecule has 1 heterocycles. The molecule has 0 saturated carbocycles. The second-order valence-electron chi connectivity index (χ2n) is 5.59. The molecule has 0 aliphatic rings. The first-order valence-electron chi connectivity index (χ1n) is 7.59. The van der Waals surface area contributed by atoms with Crippen molar-refractivity contribution in [1.29, 1.82) is 0 Å². The number of carbonyl (C=O) groups excluding carboxylic acids is 1. The van der Waals surface area contributed by atoms with Gasteiger partial charge in [0.15, 0.2) is 5.82 Å². The molecule has 0 fully saturated rings. The summed E-state index contributed by atoms with van der Waals surface area (Å²) in [4.78, 5) is 12.5. The van der Waals surface area contributed by atoms with Crippen LogP contribution in [0.25, 0.3) is 0 Å². The summed E-state index contributed by atoms with van der Waals surface area (Å²) in [6.45, 7) is 1.88. The van der Waals surface area contributed by atoms with E-state index in [-0.39, 0.29) is 33.8 Å². The average Bonchev–Trinajstić information content (AvgIpc) is 2.87. The van der Waals surface area contributed by atoms with Crippen molar-refractivity contribution in [2.45, 2.75) is 13.5 Å². The summed E-state index contributed by atoms with van der Waals surface area (Å²) in [6, 6.07) is 10.2. The summed E-state index contributed by atoms with van der Waals surface area (Å²) in [5, 5.41) is 6.69. The van der Waals surface area contributed by atoms with E-state index in [2.05, 4.69) is 10.4 Å². The van der Waals surface area contributed by atoms with E-state index in [1.54, 1.807) is 19.1 Å². The first-order chi connectivity index (χ1) is 12.4. The Morgan fingerprint density at radius 3 is 2.54 bits per heavy atom. The van der Waals surface area contributed by atoms with Crippen LogP contribution in [0.1, 0.15) is 21.6 Å². The second-order valence-corrected chi connectivity index (χ2v) is 6.36. The van der Waals surface area contributed by atoms with Gasteiger partial charge in [-0.15, -0.1) is 0 Å². The molecule has 0 aliphatic carbocycles. The normalized spacial score (nSPS) is 10.8. The highest BCUT2D eigenvalue weighted by Crippen LogP contribution is 2.25. The summed E-state index contributed by atoms with van der Waals surface area (Å²) in [5.74, 6) is -1.67. The van der Waals surface area contributed by atoms with Crippen molar-refractivity contribution in [2.75, 3.05) is 5.32 Å². The third-order valence-corrected chi connectivity index (χ3v) is 4.41. The van der Waals surface area contributed by atoms with E-state index in [1.807, 2.05) is 0 Å². The van der Waals surface area contributed by atoms with Gasteiger partial charge < -0.3 is 5.32 Å². The molecule has 3 rings (SSSR count). The molecule has 1 amide bonds. The van der Waals surface area contributed by atoms with E-state index >= 15 is 0 Å². The molecule has 1 N–H and O–H groups in total. The van der Waals surface area contributed by atoms with Gasteiger partial charge in [0, 0.05) is 0 Å². The van der Waals surface area contributed by atoms with Crippen LogP contribution in [0.2, 0.25) is 10.2 Å². The van der Waals surface area contributed by atoms with Gasteiger partial charge >= 0.3 is 0 Å². The Labute approximate surface area is 158 Å². The van der Waals surface area contributed by atoms with Gasteiger partial charge in [-0.05, 0) is 36.8 Å². The summed E-state index contributed by atoms with van der Waals surface area (Å²) in [5.41, 5.74) is 1.23. The molecule has 0 unspecified atom stereocenters. The number of aromatic nitrogens is 2. The number of nitrogens with one attached hydrogen (secondary N) is 1. The van der Waals surface area contributed by atoms with Crippen molar-refractivity contribution in [3.05, 3.63) is 81.1 Å². The lowest BCUT2D eigenvalue weighted by Gasteiger charge is -2.07. The van der Waals surface area contributed by atoms with Gasteiger partial charge in [0.1, 0.15) is 11.0 Å². The molecule has 4 nitrogen and oxygen atoms in total. The molecule has 3 aromatic rings. The highest BCUT2D eigenvalue weighted by Gasteiger charge is 2.21. The van der Waals surface area contributed by atoms with E-state index in [1.165, 1.54) is 35.0 Å². The molecule has 0 aliphatic heterocycles. The molecular formula is C18H13Cl2F2N3O. The summed E-state index contributed by atoms with van der Waals surface area (Å²) >= 11 is 12.0. The molecule has 134 valence electrons. The molecule has 0 radical (unpaired) electrons. The van der Waals surface area contributed by atoms with Gasteiger partial charge in [0.25, 0.3) is 5.91 Å². The number of carbonyl (C=O) groups is 1. The molecule has 8 heteroatoms. The fourth-order valence-electron chi connectivity index (χ4n) is 2.46. The second kappa shape index (κ2) is 7.43. The van der Waals surface area contributed by atoms with E-state index < -0.39 is 11.7 Å². The monoisotopic (exact) mass is 395 g/mol. The zero-order valence-corrected chi connectivity index (χ0v) is 15.1. The van der Waals surface area contributed by atoms with Crippen LogP contribution >= 0.6 is 23.2 Å². The number of benzene rings is 2. The van der Waals surface area contributed by atoms with E-state index in [4.69, 9.17) is 23.2 Å². The lowest BCUT2D eigenvalue weighted by Crippen LogP contribution is -2.14. The lowest BCUT2D eigenvalue weighted by atomic mass is 10.2. The van der Waals surface area contributed by atoms with Gasteiger partial charge in [0.2, 0.25) is 0 Å². The van der Waals surface area contributed by atoms with Crippen LogP contribution in [0.4, 0.5) is 14.5 Å². The Kier molecular flexibility index (Phi) is 5.25. The number of rotatable bonds is 4. The number of hydrogen-bond donors (Lipinski definition) is 1. The highest BCUT2D eigenvalue weighted by molar-refractivity contribution is 6.34. The molecule has 1 aromatic heterocycles. The summed E-state index contributed by atoms with van der Waals surface area (Å²) in [7, 11) is 0. The maximum absolute atomic E-state index is 14.0. The Hall–Kier alpha value is -2.44. The summed E-state index contributed by atoms with van der Waals surface area (Å²) < 4.78 is 28.4. The van der Waals surface area contributed by atoms with Crippen LogP contribution in [0, 0.1) is 18.6 Å². The van der Waals surface area contributed by atoms with Crippen LogP contribution in [0.5, 0.6) is 0 Å². The Morgan fingerprint density at radius 2 is 1.85 bits per heavy atom. The number of halogens is 4. The van der Waals surface area contributed by atoms with Crippen molar-refractivity contribution in [3.63, 3.8) is 0 Å². The third kappa shape index (κ3) is 3.71. The van der Waals surface area contributed by atoms with Crippen molar-refractivity contribution in [3.8, 4) is 0 Å². The number of amides is 1. The van der Waals surface area contributed by atoms with Crippen molar-refractivity contribution in [2.24, 2.45) is 0 Å². The summed E-state index contributed by atoms with van der Waals surface area (Å²) in [6.07, 6.45) is 0. The SMILES string of the molecule is Cc1nn(Cc2ccc(F)cc2)c(Cl)c1C(=O)Nc1cccc(Cl)c1F. The fraction of sp³-hybridized carbons (Fsp3) is 0.111. The number of hydrogen-bond acceptors (Lipinski definition) is 2. The minimum Gasteiger partial charge on any atom is -0.319 e. The Morgan fingerprint density at radius 1 is 1.15 bits per heavy atom. The molecule has 0 bridgehead atoms. The topological polar surface area (TPSA) is 46.9 Å². The van der Waals surface area contributed by atoms with Crippen molar-refractivity contribution < 1.29 is 13.6 Å². The van der Waals surface area contributed by atoms with E-state index in [0.717, 1.165) is 5.56 Å². The van der Waals surface area contributed by atoms with Crippen molar-refractivity contribution >= 4 is 34.8 Å². The first-order valence-corrected chi connectivity index (χ1v) is 8.35. The zero-order chi connectivity index (χ0) is 18.8. The predicted octanol–water partition coefficient (Wildman–Crippen LogP) is 5.08. The number of aryl methyl sites for hydroxylation is 1. The fourth-order valence-corrected chi connectivity index (χ4v) is 2.96. The number of anilines is 1. The average molecular weight is 396 g/mol.